The Kier molecular flexibility index (Phi) is 6.49. The molecule has 0 aliphatic heterocycles. The summed E-state index contributed by atoms with van der Waals surface area (Å²) in [6.07, 6.45) is 4.40. The van der Waals surface area contributed by atoms with Crippen LogP contribution in [0.3, 0.4) is 0 Å². The van der Waals surface area contributed by atoms with E-state index in [1.807, 2.05) is 13.8 Å². The van der Waals surface area contributed by atoms with Gasteiger partial charge in [0.25, 0.3) is 0 Å². The molecular formula is C13H23N3O3. The van der Waals surface area contributed by atoms with Crippen molar-refractivity contribution in [3.05, 3.63) is 11.4 Å². The first-order valence-electron chi connectivity index (χ1n) is 6.82. The summed E-state index contributed by atoms with van der Waals surface area (Å²) >= 11 is 0. The predicted octanol–water partition coefficient (Wildman–Crippen LogP) is 1.73. The number of rotatable bonds is 9. The summed E-state index contributed by atoms with van der Waals surface area (Å²) in [4.78, 5) is 11.1. The van der Waals surface area contributed by atoms with Crippen molar-refractivity contribution < 1.29 is 15.0 Å². The first-order valence-corrected chi connectivity index (χ1v) is 6.82. The van der Waals surface area contributed by atoms with Crippen LogP contribution >= 0.6 is 0 Å². The zero-order chi connectivity index (χ0) is 14.3. The van der Waals surface area contributed by atoms with Gasteiger partial charge in [0.05, 0.1) is 5.69 Å². The van der Waals surface area contributed by atoms with Gasteiger partial charge in [0.2, 0.25) is 0 Å². The standard InChI is InChI=1S/C13H23N3O3/c1-10(2)9-11-12(13(18)19)14-15-16(11)7-5-3-4-6-8-17/h10,17H,3-9H2,1-2H3,(H,18,19). The first kappa shape index (κ1) is 15.6. The van der Waals surface area contributed by atoms with Crippen molar-refractivity contribution in [2.45, 2.75) is 52.5 Å². The Labute approximate surface area is 113 Å². The van der Waals surface area contributed by atoms with Crippen LogP contribution in [0.15, 0.2) is 0 Å². The molecule has 1 aromatic rings. The van der Waals surface area contributed by atoms with Crippen LogP contribution in [-0.4, -0.2) is 37.8 Å². The number of hydrogen-bond acceptors (Lipinski definition) is 4. The molecule has 0 saturated carbocycles. The number of nitrogens with zero attached hydrogens (tertiary/aromatic N) is 3. The molecule has 0 bridgehead atoms. The molecule has 1 aromatic heterocycles. The van der Waals surface area contributed by atoms with Crippen LogP contribution in [0.25, 0.3) is 0 Å². The Morgan fingerprint density at radius 1 is 1.26 bits per heavy atom. The summed E-state index contributed by atoms with van der Waals surface area (Å²) in [6.45, 7) is 5.01. The zero-order valence-corrected chi connectivity index (χ0v) is 11.7. The van der Waals surface area contributed by atoms with Crippen molar-refractivity contribution in [3.63, 3.8) is 0 Å². The monoisotopic (exact) mass is 269 g/mol. The van der Waals surface area contributed by atoms with Crippen LogP contribution < -0.4 is 0 Å². The van der Waals surface area contributed by atoms with Gasteiger partial charge in [0.1, 0.15) is 0 Å². The largest absolute Gasteiger partial charge is 0.476 e. The molecule has 6 heteroatoms. The van der Waals surface area contributed by atoms with Gasteiger partial charge in [-0.2, -0.15) is 0 Å². The van der Waals surface area contributed by atoms with Gasteiger partial charge >= 0.3 is 5.97 Å². The van der Waals surface area contributed by atoms with E-state index < -0.39 is 5.97 Å². The van der Waals surface area contributed by atoms with Gasteiger partial charge in [0, 0.05) is 13.2 Å². The van der Waals surface area contributed by atoms with Gasteiger partial charge in [-0.1, -0.05) is 31.9 Å². The molecule has 0 aliphatic rings. The summed E-state index contributed by atoms with van der Waals surface area (Å²) < 4.78 is 1.71. The molecule has 1 heterocycles. The average Bonchev–Trinajstić information content (AvgIpc) is 2.71. The second kappa shape index (κ2) is 7.89. The lowest BCUT2D eigenvalue weighted by molar-refractivity contribution is 0.0689. The third-order valence-electron chi connectivity index (χ3n) is 2.92. The Bertz CT molecular complexity index is 402. The lowest BCUT2D eigenvalue weighted by Crippen LogP contribution is -2.11. The minimum atomic E-state index is -1.01. The number of carbonyl (C=O) groups is 1. The maximum Gasteiger partial charge on any atom is 0.358 e. The third kappa shape index (κ3) is 4.98. The molecule has 0 aliphatic carbocycles. The average molecular weight is 269 g/mol. The lowest BCUT2D eigenvalue weighted by Gasteiger charge is -2.09. The fourth-order valence-electron chi connectivity index (χ4n) is 1.99. The number of aliphatic hydroxyl groups is 1. The molecule has 0 atom stereocenters. The number of aliphatic hydroxyl groups excluding tert-OH is 1. The van der Waals surface area contributed by atoms with Gasteiger partial charge < -0.3 is 10.2 Å². The first-order chi connectivity index (χ1) is 9.06. The van der Waals surface area contributed by atoms with Crippen LogP contribution in [-0.2, 0) is 13.0 Å². The minimum Gasteiger partial charge on any atom is -0.476 e. The van der Waals surface area contributed by atoms with Crippen molar-refractivity contribution >= 4 is 5.97 Å². The van der Waals surface area contributed by atoms with E-state index in [9.17, 15) is 4.79 Å². The van der Waals surface area contributed by atoms with Crippen LogP contribution in [0.5, 0.6) is 0 Å². The van der Waals surface area contributed by atoms with Crippen molar-refractivity contribution in [2.24, 2.45) is 5.92 Å². The van der Waals surface area contributed by atoms with E-state index in [2.05, 4.69) is 10.3 Å². The van der Waals surface area contributed by atoms with Gasteiger partial charge in [-0.15, -0.1) is 5.10 Å². The van der Waals surface area contributed by atoms with Crippen LogP contribution in [0.4, 0.5) is 0 Å². The highest BCUT2D eigenvalue weighted by molar-refractivity contribution is 5.86. The van der Waals surface area contributed by atoms with E-state index in [0.29, 0.717) is 24.6 Å². The highest BCUT2D eigenvalue weighted by Gasteiger charge is 2.19. The lowest BCUT2D eigenvalue weighted by atomic mass is 10.1. The van der Waals surface area contributed by atoms with E-state index in [-0.39, 0.29) is 12.3 Å². The van der Waals surface area contributed by atoms with Crippen molar-refractivity contribution in [1.82, 2.24) is 15.0 Å². The van der Waals surface area contributed by atoms with Crippen molar-refractivity contribution in [2.75, 3.05) is 6.61 Å². The van der Waals surface area contributed by atoms with E-state index in [1.54, 1.807) is 4.68 Å². The highest BCUT2D eigenvalue weighted by Crippen LogP contribution is 2.13. The second-order valence-electron chi connectivity index (χ2n) is 5.15. The fraction of sp³-hybridized carbons (Fsp3) is 0.769. The predicted molar refractivity (Wildman–Crippen MR) is 71.1 cm³/mol. The Balaban J connectivity index is 2.63. The number of hydrogen-bond donors (Lipinski definition) is 2. The smallest absolute Gasteiger partial charge is 0.358 e. The zero-order valence-electron chi connectivity index (χ0n) is 11.7. The summed E-state index contributed by atoms with van der Waals surface area (Å²) in [6, 6.07) is 0. The molecule has 1 rings (SSSR count). The number of carboxylic acid groups (broad SMARTS) is 1. The maximum absolute atomic E-state index is 11.1. The van der Waals surface area contributed by atoms with E-state index in [0.717, 1.165) is 25.7 Å². The maximum atomic E-state index is 11.1. The Hall–Kier alpha value is -1.43. The number of aromatic carboxylic acids is 1. The van der Waals surface area contributed by atoms with Gasteiger partial charge in [0.15, 0.2) is 5.69 Å². The molecule has 2 N–H and O–H groups in total. The number of unbranched alkanes of at least 4 members (excludes halogenated alkanes) is 3. The Morgan fingerprint density at radius 2 is 1.95 bits per heavy atom. The van der Waals surface area contributed by atoms with E-state index in [1.165, 1.54) is 0 Å². The van der Waals surface area contributed by atoms with Crippen molar-refractivity contribution in [1.29, 1.82) is 0 Å². The molecular weight excluding hydrogens is 246 g/mol. The molecule has 6 nitrogen and oxygen atoms in total. The molecule has 0 aromatic carbocycles. The Morgan fingerprint density at radius 3 is 2.53 bits per heavy atom. The quantitative estimate of drug-likeness (QED) is 0.666. The van der Waals surface area contributed by atoms with Crippen LogP contribution in [0, 0.1) is 5.92 Å². The molecule has 108 valence electrons. The van der Waals surface area contributed by atoms with E-state index in [4.69, 9.17) is 10.2 Å². The molecule has 0 spiro atoms. The molecule has 0 amide bonds. The summed E-state index contributed by atoms with van der Waals surface area (Å²) in [5.74, 6) is -0.646. The fourth-order valence-corrected chi connectivity index (χ4v) is 1.99. The number of carboxylic acids is 1. The molecule has 0 unspecified atom stereocenters. The van der Waals surface area contributed by atoms with Gasteiger partial charge in [-0.3, -0.25) is 0 Å². The second-order valence-corrected chi connectivity index (χ2v) is 5.15. The molecule has 0 saturated heterocycles. The van der Waals surface area contributed by atoms with Crippen LogP contribution in [0.1, 0.15) is 55.7 Å². The minimum absolute atomic E-state index is 0.0732. The topological polar surface area (TPSA) is 88.2 Å². The van der Waals surface area contributed by atoms with E-state index >= 15 is 0 Å². The molecule has 0 radical (unpaired) electrons. The normalized spacial score (nSPS) is 11.2. The molecule has 19 heavy (non-hydrogen) atoms. The van der Waals surface area contributed by atoms with Gasteiger partial charge in [-0.25, -0.2) is 9.48 Å². The van der Waals surface area contributed by atoms with Crippen LogP contribution in [0.2, 0.25) is 0 Å². The third-order valence-corrected chi connectivity index (χ3v) is 2.92. The summed E-state index contributed by atoms with van der Waals surface area (Å²) in [7, 11) is 0. The SMILES string of the molecule is CC(C)Cc1c(C(=O)O)nnn1CCCCCCO. The summed E-state index contributed by atoms with van der Waals surface area (Å²) in [5, 5.41) is 25.5. The van der Waals surface area contributed by atoms with Gasteiger partial charge in [-0.05, 0) is 25.2 Å². The molecule has 0 fully saturated rings. The number of aromatic nitrogens is 3. The number of aryl methyl sites for hydroxylation is 1. The highest BCUT2D eigenvalue weighted by atomic mass is 16.4. The summed E-state index contributed by atoms with van der Waals surface area (Å²) in [5.41, 5.74) is 0.786. The van der Waals surface area contributed by atoms with Crippen molar-refractivity contribution in [3.8, 4) is 0 Å².